The lowest BCUT2D eigenvalue weighted by atomic mass is 10.2. The first-order valence-electron chi connectivity index (χ1n) is 7.26. The summed E-state index contributed by atoms with van der Waals surface area (Å²) in [6.07, 6.45) is -0.881. The number of amides is 2. The van der Waals surface area contributed by atoms with Gasteiger partial charge in [-0.2, -0.15) is 0 Å². The van der Waals surface area contributed by atoms with Crippen molar-refractivity contribution < 1.29 is 23.5 Å². The zero-order valence-corrected chi connectivity index (χ0v) is 15.1. The number of ether oxygens (including phenoxy) is 2. The Bertz CT molecular complexity index is 768. The Morgan fingerprint density at radius 1 is 1.12 bits per heavy atom. The number of benzene rings is 2. The normalized spacial score (nSPS) is 11.4. The zero-order chi connectivity index (χ0) is 18.4. The van der Waals surface area contributed by atoms with E-state index in [9.17, 15) is 14.0 Å². The van der Waals surface area contributed by atoms with E-state index in [1.54, 1.807) is 18.2 Å². The van der Waals surface area contributed by atoms with E-state index in [0.717, 1.165) is 0 Å². The lowest BCUT2D eigenvalue weighted by molar-refractivity contribution is -0.128. The number of nitrogens with one attached hydrogen (secondary N) is 2. The van der Waals surface area contributed by atoms with Crippen LogP contribution in [0.25, 0.3) is 0 Å². The summed E-state index contributed by atoms with van der Waals surface area (Å²) < 4.78 is 23.9. The molecule has 0 fully saturated rings. The van der Waals surface area contributed by atoms with Crippen molar-refractivity contribution in [2.75, 3.05) is 7.11 Å². The molecule has 2 rings (SSSR count). The Labute approximate surface area is 152 Å². The number of carbonyl (C=O) groups is 2. The molecule has 0 spiro atoms. The van der Waals surface area contributed by atoms with E-state index in [-0.39, 0.29) is 0 Å². The number of carbonyl (C=O) groups excluding carboxylic acids is 2. The Balaban J connectivity index is 1.89. The van der Waals surface area contributed by atoms with Crippen molar-refractivity contribution in [2.24, 2.45) is 0 Å². The molecule has 0 bridgehead atoms. The van der Waals surface area contributed by atoms with Gasteiger partial charge in [0.1, 0.15) is 17.3 Å². The molecule has 0 saturated carbocycles. The molecule has 132 valence electrons. The number of rotatable bonds is 5. The van der Waals surface area contributed by atoms with Gasteiger partial charge in [-0.1, -0.05) is 0 Å². The topological polar surface area (TPSA) is 76.7 Å². The maximum absolute atomic E-state index is 12.8. The molecule has 2 aromatic rings. The fourth-order valence-corrected chi connectivity index (χ4v) is 2.41. The lowest BCUT2D eigenvalue weighted by Gasteiger charge is -2.15. The predicted octanol–water partition coefficient (Wildman–Crippen LogP) is 2.83. The second-order valence-electron chi connectivity index (χ2n) is 5.01. The maximum atomic E-state index is 12.8. The van der Waals surface area contributed by atoms with Crippen LogP contribution in [0.4, 0.5) is 4.39 Å². The van der Waals surface area contributed by atoms with Crippen LogP contribution >= 0.6 is 15.9 Å². The van der Waals surface area contributed by atoms with Gasteiger partial charge >= 0.3 is 0 Å². The van der Waals surface area contributed by atoms with Gasteiger partial charge in [-0.3, -0.25) is 20.4 Å². The number of hydrogen-bond acceptors (Lipinski definition) is 4. The number of hydrogen-bond donors (Lipinski definition) is 2. The quantitative estimate of drug-likeness (QED) is 0.743. The van der Waals surface area contributed by atoms with E-state index in [2.05, 4.69) is 26.8 Å². The molecule has 0 aromatic heterocycles. The molecule has 2 amide bonds. The van der Waals surface area contributed by atoms with Gasteiger partial charge < -0.3 is 9.47 Å². The first-order valence-corrected chi connectivity index (χ1v) is 8.06. The smallest absolute Gasteiger partial charge is 0.279 e. The molecule has 0 aliphatic carbocycles. The van der Waals surface area contributed by atoms with Gasteiger partial charge in [-0.25, -0.2) is 4.39 Å². The maximum Gasteiger partial charge on any atom is 0.279 e. The van der Waals surface area contributed by atoms with Crippen LogP contribution in [0.1, 0.15) is 17.3 Å². The fraction of sp³-hybridized carbons (Fsp3) is 0.176. The highest BCUT2D eigenvalue weighted by atomic mass is 79.9. The van der Waals surface area contributed by atoms with Gasteiger partial charge in [0.25, 0.3) is 11.8 Å². The first-order chi connectivity index (χ1) is 11.9. The van der Waals surface area contributed by atoms with E-state index < -0.39 is 23.7 Å². The van der Waals surface area contributed by atoms with E-state index in [0.29, 0.717) is 21.5 Å². The molecule has 25 heavy (non-hydrogen) atoms. The van der Waals surface area contributed by atoms with E-state index in [4.69, 9.17) is 9.47 Å². The molecule has 0 unspecified atom stereocenters. The second-order valence-corrected chi connectivity index (χ2v) is 5.86. The van der Waals surface area contributed by atoms with Crippen LogP contribution in [0.15, 0.2) is 46.9 Å². The molecule has 0 heterocycles. The molecular formula is C17H16BrFN2O4. The molecule has 0 aliphatic rings. The minimum Gasteiger partial charge on any atom is -0.496 e. The Morgan fingerprint density at radius 3 is 2.40 bits per heavy atom. The van der Waals surface area contributed by atoms with Crippen LogP contribution in [-0.2, 0) is 4.79 Å². The molecule has 6 nitrogen and oxygen atoms in total. The Kier molecular flexibility index (Phi) is 6.35. The third-order valence-electron chi connectivity index (χ3n) is 3.21. The predicted molar refractivity (Wildman–Crippen MR) is 92.8 cm³/mol. The fourth-order valence-electron chi connectivity index (χ4n) is 1.87. The molecule has 1 atom stereocenters. The summed E-state index contributed by atoms with van der Waals surface area (Å²) in [5.41, 5.74) is 4.91. The largest absolute Gasteiger partial charge is 0.496 e. The van der Waals surface area contributed by atoms with Crippen molar-refractivity contribution in [3.8, 4) is 11.5 Å². The SMILES string of the molecule is COc1ccc(C(=O)NNC(=O)[C@@H](C)Oc2ccc(F)cc2)cc1Br. The van der Waals surface area contributed by atoms with E-state index in [1.165, 1.54) is 38.3 Å². The highest BCUT2D eigenvalue weighted by Gasteiger charge is 2.16. The van der Waals surface area contributed by atoms with Gasteiger partial charge in [0, 0.05) is 5.56 Å². The standard InChI is InChI=1S/C17H16BrFN2O4/c1-10(25-13-6-4-12(19)5-7-13)16(22)20-21-17(23)11-3-8-15(24-2)14(18)9-11/h3-10H,1-2H3,(H,20,22)(H,21,23)/t10-/m1/s1. The van der Waals surface area contributed by atoms with Crippen LogP contribution in [-0.4, -0.2) is 25.0 Å². The summed E-state index contributed by atoms with van der Waals surface area (Å²) in [5, 5.41) is 0. The van der Waals surface area contributed by atoms with Crippen LogP contribution < -0.4 is 20.3 Å². The van der Waals surface area contributed by atoms with Crippen molar-refractivity contribution in [3.05, 3.63) is 58.3 Å². The number of methoxy groups -OCH3 is 1. The van der Waals surface area contributed by atoms with Crippen LogP contribution in [0.3, 0.4) is 0 Å². The summed E-state index contributed by atoms with van der Waals surface area (Å²) >= 11 is 3.28. The first kappa shape index (κ1) is 18.7. The minimum atomic E-state index is -0.881. The van der Waals surface area contributed by atoms with Crippen LogP contribution in [0, 0.1) is 5.82 Å². The third kappa shape index (κ3) is 5.18. The molecule has 0 radical (unpaired) electrons. The zero-order valence-electron chi connectivity index (χ0n) is 13.5. The summed E-state index contributed by atoms with van der Waals surface area (Å²) in [5.74, 6) is -0.519. The van der Waals surface area contributed by atoms with Gasteiger partial charge in [0.2, 0.25) is 0 Å². The lowest BCUT2D eigenvalue weighted by Crippen LogP contribution is -2.47. The van der Waals surface area contributed by atoms with Crippen LogP contribution in [0.5, 0.6) is 11.5 Å². The monoisotopic (exact) mass is 410 g/mol. The summed E-state index contributed by atoms with van der Waals surface area (Å²) in [7, 11) is 1.52. The third-order valence-corrected chi connectivity index (χ3v) is 3.83. The highest BCUT2D eigenvalue weighted by molar-refractivity contribution is 9.10. The number of halogens is 2. The number of hydrazine groups is 1. The molecule has 0 aliphatic heterocycles. The molecular weight excluding hydrogens is 395 g/mol. The van der Waals surface area contributed by atoms with Gasteiger partial charge in [-0.05, 0) is 65.3 Å². The summed E-state index contributed by atoms with van der Waals surface area (Å²) in [6, 6.07) is 10.0. The highest BCUT2D eigenvalue weighted by Crippen LogP contribution is 2.25. The average Bonchev–Trinajstić information content (AvgIpc) is 2.61. The average molecular weight is 411 g/mol. The molecule has 0 saturated heterocycles. The molecule has 2 N–H and O–H groups in total. The van der Waals surface area contributed by atoms with E-state index in [1.807, 2.05) is 0 Å². The van der Waals surface area contributed by atoms with Crippen molar-refractivity contribution >= 4 is 27.7 Å². The minimum absolute atomic E-state index is 0.333. The van der Waals surface area contributed by atoms with Gasteiger partial charge in [-0.15, -0.1) is 0 Å². The molecule has 8 heteroatoms. The Morgan fingerprint density at radius 2 is 1.80 bits per heavy atom. The van der Waals surface area contributed by atoms with E-state index >= 15 is 0 Å². The molecule has 2 aromatic carbocycles. The summed E-state index contributed by atoms with van der Waals surface area (Å²) in [6.45, 7) is 1.51. The van der Waals surface area contributed by atoms with Crippen molar-refractivity contribution in [3.63, 3.8) is 0 Å². The van der Waals surface area contributed by atoms with Gasteiger partial charge in [0.05, 0.1) is 11.6 Å². The Hall–Kier alpha value is -2.61. The van der Waals surface area contributed by atoms with Crippen molar-refractivity contribution in [2.45, 2.75) is 13.0 Å². The second kappa shape index (κ2) is 8.48. The van der Waals surface area contributed by atoms with Crippen LogP contribution in [0.2, 0.25) is 0 Å². The van der Waals surface area contributed by atoms with Crippen molar-refractivity contribution in [1.29, 1.82) is 0 Å². The summed E-state index contributed by atoms with van der Waals surface area (Å²) in [4.78, 5) is 24.0. The van der Waals surface area contributed by atoms with Crippen molar-refractivity contribution in [1.82, 2.24) is 10.9 Å². The van der Waals surface area contributed by atoms with Gasteiger partial charge in [0.15, 0.2) is 6.10 Å².